The van der Waals surface area contributed by atoms with Crippen LogP contribution in [-0.2, 0) is 6.54 Å². The molecule has 2 aromatic carbocycles. The molecule has 3 aromatic rings. The van der Waals surface area contributed by atoms with E-state index in [1.807, 2.05) is 12.1 Å². The Kier molecular flexibility index (Phi) is 3.27. The summed E-state index contributed by atoms with van der Waals surface area (Å²) in [6.07, 6.45) is 0. The number of hydrogen-bond donors (Lipinski definition) is 1. The lowest BCUT2D eigenvalue weighted by Crippen LogP contribution is -2.24. The van der Waals surface area contributed by atoms with Gasteiger partial charge in [0, 0.05) is 11.8 Å². The summed E-state index contributed by atoms with van der Waals surface area (Å²) in [7, 11) is 1.57. The van der Waals surface area contributed by atoms with Crippen LogP contribution >= 0.6 is 0 Å². The van der Waals surface area contributed by atoms with Crippen molar-refractivity contribution >= 4 is 16.6 Å². The van der Waals surface area contributed by atoms with Gasteiger partial charge in [-0.1, -0.05) is 17.3 Å². The summed E-state index contributed by atoms with van der Waals surface area (Å²) in [6, 6.07) is 12.5. The van der Waals surface area contributed by atoms with E-state index in [2.05, 4.69) is 10.3 Å². The van der Waals surface area contributed by atoms with Crippen molar-refractivity contribution in [2.24, 2.45) is 0 Å². The summed E-state index contributed by atoms with van der Waals surface area (Å²) >= 11 is 0. The number of aromatic nitrogens is 3. The third-order valence-electron chi connectivity index (χ3n) is 3.19. The first-order valence-electron chi connectivity index (χ1n) is 6.43. The van der Waals surface area contributed by atoms with Gasteiger partial charge in [-0.15, -0.1) is 5.10 Å². The fourth-order valence-corrected chi connectivity index (χ4v) is 2.20. The molecule has 6 nitrogen and oxygen atoms in total. The van der Waals surface area contributed by atoms with E-state index in [-0.39, 0.29) is 12.1 Å². The second-order valence-electron chi connectivity index (χ2n) is 4.68. The number of ether oxygens (including phenoxy) is 1. The third kappa shape index (κ3) is 2.55. The molecule has 0 radical (unpaired) electrons. The van der Waals surface area contributed by atoms with Crippen LogP contribution < -0.4 is 16.0 Å². The maximum atomic E-state index is 12.4. The Hall–Kier alpha value is -2.89. The van der Waals surface area contributed by atoms with Gasteiger partial charge in [-0.2, -0.15) is 0 Å². The third-order valence-corrected chi connectivity index (χ3v) is 3.19. The monoisotopic (exact) mass is 282 g/mol. The lowest BCUT2D eigenvalue weighted by Gasteiger charge is -2.08. The van der Waals surface area contributed by atoms with E-state index in [9.17, 15) is 4.79 Å². The van der Waals surface area contributed by atoms with Crippen LogP contribution in [0.3, 0.4) is 0 Å². The molecule has 0 aliphatic heterocycles. The Balaban J connectivity index is 2.04. The molecule has 21 heavy (non-hydrogen) atoms. The summed E-state index contributed by atoms with van der Waals surface area (Å²) in [5.41, 5.74) is 7.63. The number of fused-ring (bicyclic) bond motifs is 1. The minimum Gasteiger partial charge on any atom is -0.497 e. The van der Waals surface area contributed by atoms with Gasteiger partial charge in [-0.25, -0.2) is 4.68 Å². The van der Waals surface area contributed by atoms with Crippen LogP contribution in [0.1, 0.15) is 5.56 Å². The Morgan fingerprint density at radius 2 is 2.05 bits per heavy atom. The Morgan fingerprint density at radius 3 is 2.86 bits per heavy atom. The van der Waals surface area contributed by atoms with Crippen LogP contribution in [0, 0.1) is 0 Å². The number of benzene rings is 2. The molecule has 0 amide bonds. The molecule has 0 fully saturated rings. The molecule has 0 saturated heterocycles. The molecular weight excluding hydrogens is 268 g/mol. The maximum Gasteiger partial charge on any atom is 0.277 e. The second kappa shape index (κ2) is 5.24. The van der Waals surface area contributed by atoms with Gasteiger partial charge >= 0.3 is 0 Å². The fourth-order valence-electron chi connectivity index (χ4n) is 2.20. The molecule has 0 unspecified atom stereocenters. The molecule has 0 spiro atoms. The summed E-state index contributed by atoms with van der Waals surface area (Å²) < 4.78 is 6.49. The highest BCUT2D eigenvalue weighted by molar-refractivity contribution is 5.76. The van der Waals surface area contributed by atoms with Crippen molar-refractivity contribution in [3.8, 4) is 5.75 Å². The van der Waals surface area contributed by atoms with Gasteiger partial charge in [0.25, 0.3) is 5.56 Å². The van der Waals surface area contributed by atoms with Crippen LogP contribution in [-0.4, -0.2) is 22.1 Å². The number of methoxy groups -OCH3 is 1. The molecule has 3 rings (SSSR count). The van der Waals surface area contributed by atoms with Crippen LogP contribution in [0.25, 0.3) is 10.9 Å². The average molecular weight is 282 g/mol. The number of nitrogen functional groups attached to an aromatic ring is 1. The van der Waals surface area contributed by atoms with Crippen LogP contribution in [0.2, 0.25) is 0 Å². The molecule has 0 aliphatic rings. The van der Waals surface area contributed by atoms with Crippen molar-refractivity contribution in [1.82, 2.24) is 15.0 Å². The Morgan fingerprint density at radius 1 is 1.24 bits per heavy atom. The zero-order valence-electron chi connectivity index (χ0n) is 11.5. The molecule has 6 heteroatoms. The quantitative estimate of drug-likeness (QED) is 0.735. The summed E-state index contributed by atoms with van der Waals surface area (Å²) in [5, 5.41) is 8.56. The Bertz CT molecular complexity index is 858. The molecule has 0 saturated carbocycles. The van der Waals surface area contributed by atoms with E-state index in [0.717, 1.165) is 5.56 Å². The largest absolute Gasteiger partial charge is 0.497 e. The molecule has 2 N–H and O–H groups in total. The lowest BCUT2D eigenvalue weighted by molar-refractivity contribution is 0.414. The van der Waals surface area contributed by atoms with E-state index in [1.54, 1.807) is 37.4 Å². The molecule has 1 aromatic heterocycles. The van der Waals surface area contributed by atoms with Gasteiger partial charge < -0.3 is 10.5 Å². The zero-order chi connectivity index (χ0) is 14.8. The Labute approximate surface area is 120 Å². The maximum absolute atomic E-state index is 12.4. The smallest absolute Gasteiger partial charge is 0.277 e. The normalized spacial score (nSPS) is 10.7. The van der Waals surface area contributed by atoms with E-state index in [0.29, 0.717) is 22.3 Å². The molecular formula is C15H14N4O2. The van der Waals surface area contributed by atoms with Crippen molar-refractivity contribution in [2.75, 3.05) is 12.8 Å². The first-order valence-corrected chi connectivity index (χ1v) is 6.43. The van der Waals surface area contributed by atoms with Gasteiger partial charge in [-0.05, 0) is 29.8 Å². The van der Waals surface area contributed by atoms with Crippen LogP contribution in [0.4, 0.5) is 5.69 Å². The summed E-state index contributed by atoms with van der Waals surface area (Å²) in [6.45, 7) is 0.290. The zero-order valence-corrected chi connectivity index (χ0v) is 11.5. The van der Waals surface area contributed by atoms with Crippen molar-refractivity contribution in [2.45, 2.75) is 6.54 Å². The predicted molar refractivity (Wildman–Crippen MR) is 80.3 cm³/mol. The van der Waals surface area contributed by atoms with Gasteiger partial charge in [-0.3, -0.25) is 4.79 Å². The van der Waals surface area contributed by atoms with Crippen LogP contribution in [0.15, 0.2) is 47.3 Å². The lowest BCUT2D eigenvalue weighted by atomic mass is 10.2. The molecule has 0 atom stereocenters. The molecule has 1 heterocycles. The highest BCUT2D eigenvalue weighted by Gasteiger charge is 2.07. The number of nitrogens with two attached hydrogens (primary N) is 1. The number of rotatable bonds is 3. The first kappa shape index (κ1) is 13.1. The van der Waals surface area contributed by atoms with E-state index < -0.39 is 0 Å². The highest BCUT2D eigenvalue weighted by Crippen LogP contribution is 2.18. The topological polar surface area (TPSA) is 83.0 Å². The second-order valence-corrected chi connectivity index (χ2v) is 4.68. The van der Waals surface area contributed by atoms with Gasteiger partial charge in [0.1, 0.15) is 11.3 Å². The fraction of sp³-hybridized carbons (Fsp3) is 0.133. The highest BCUT2D eigenvalue weighted by atomic mass is 16.5. The summed E-state index contributed by atoms with van der Waals surface area (Å²) in [5.74, 6) is 0.645. The van der Waals surface area contributed by atoms with E-state index >= 15 is 0 Å². The van der Waals surface area contributed by atoms with E-state index in [1.165, 1.54) is 4.68 Å². The number of hydrogen-bond acceptors (Lipinski definition) is 5. The molecule has 106 valence electrons. The van der Waals surface area contributed by atoms with E-state index in [4.69, 9.17) is 10.5 Å². The van der Waals surface area contributed by atoms with Crippen LogP contribution in [0.5, 0.6) is 5.75 Å². The molecule has 0 bridgehead atoms. The predicted octanol–water partition coefficient (Wildman–Crippen LogP) is 1.43. The minimum atomic E-state index is -0.179. The first-order chi connectivity index (χ1) is 10.2. The van der Waals surface area contributed by atoms with Gasteiger partial charge in [0.15, 0.2) is 0 Å². The SMILES string of the molecule is COc1cc(N)cc(Cn2nnc3ccccc3c2=O)c1. The summed E-state index contributed by atoms with van der Waals surface area (Å²) in [4.78, 5) is 12.4. The van der Waals surface area contributed by atoms with Gasteiger partial charge in [0.05, 0.1) is 19.0 Å². The van der Waals surface area contributed by atoms with Crippen molar-refractivity contribution in [1.29, 1.82) is 0 Å². The number of nitrogens with zero attached hydrogens (tertiary/aromatic N) is 3. The molecule has 0 aliphatic carbocycles. The van der Waals surface area contributed by atoms with Crippen molar-refractivity contribution < 1.29 is 4.74 Å². The van der Waals surface area contributed by atoms with Gasteiger partial charge in [0.2, 0.25) is 0 Å². The minimum absolute atomic E-state index is 0.179. The average Bonchev–Trinajstić information content (AvgIpc) is 2.50. The van der Waals surface area contributed by atoms with Crippen molar-refractivity contribution in [3.05, 3.63) is 58.4 Å². The van der Waals surface area contributed by atoms with Crippen molar-refractivity contribution in [3.63, 3.8) is 0 Å². The number of anilines is 1. The standard InChI is InChI=1S/C15H14N4O2/c1-21-12-7-10(6-11(16)8-12)9-19-15(20)13-4-2-3-5-14(13)17-18-19/h2-8H,9,16H2,1H3.